The Bertz CT molecular complexity index is 451. The highest BCUT2D eigenvalue weighted by Crippen LogP contribution is 2.15. The molecule has 122 valence electrons. The highest BCUT2D eigenvalue weighted by molar-refractivity contribution is 5.74. The first-order valence-electron chi connectivity index (χ1n) is 8.30. The van der Waals surface area contributed by atoms with Crippen molar-refractivity contribution >= 4 is 6.03 Å². The summed E-state index contributed by atoms with van der Waals surface area (Å²) in [5.74, 6) is 0.771. The lowest BCUT2D eigenvalue weighted by atomic mass is 10.00. The highest BCUT2D eigenvalue weighted by atomic mass is 16.2. The maximum atomic E-state index is 11.9. The topological polar surface area (TPSA) is 57.3 Å². The van der Waals surface area contributed by atoms with E-state index in [1.807, 2.05) is 18.2 Å². The van der Waals surface area contributed by atoms with E-state index in [0.29, 0.717) is 6.54 Å². The molecule has 0 aromatic carbocycles. The SMILES string of the molecule is CC1CCCN(CC(C)NC(=O)NCCc2ccccn2)C1. The maximum Gasteiger partial charge on any atom is 0.315 e. The van der Waals surface area contributed by atoms with Gasteiger partial charge >= 0.3 is 6.03 Å². The molecule has 1 saturated heterocycles. The summed E-state index contributed by atoms with van der Waals surface area (Å²) < 4.78 is 0. The Balaban J connectivity index is 1.61. The third kappa shape index (κ3) is 6.02. The van der Waals surface area contributed by atoms with Gasteiger partial charge in [-0.1, -0.05) is 13.0 Å². The molecule has 0 bridgehead atoms. The molecule has 2 rings (SSSR count). The van der Waals surface area contributed by atoms with Crippen LogP contribution in [0.1, 0.15) is 32.4 Å². The molecular weight excluding hydrogens is 276 g/mol. The van der Waals surface area contributed by atoms with Crippen molar-refractivity contribution < 1.29 is 4.79 Å². The molecule has 1 aliphatic rings. The second-order valence-corrected chi connectivity index (χ2v) is 6.38. The van der Waals surface area contributed by atoms with Crippen molar-refractivity contribution in [1.29, 1.82) is 0 Å². The van der Waals surface area contributed by atoms with Gasteiger partial charge in [-0.05, 0) is 44.4 Å². The van der Waals surface area contributed by atoms with Gasteiger partial charge in [-0.2, -0.15) is 0 Å². The zero-order valence-corrected chi connectivity index (χ0v) is 13.7. The number of rotatable bonds is 6. The van der Waals surface area contributed by atoms with Crippen LogP contribution >= 0.6 is 0 Å². The first-order valence-corrected chi connectivity index (χ1v) is 8.30. The number of carbonyl (C=O) groups excluding carboxylic acids is 1. The van der Waals surface area contributed by atoms with Crippen molar-refractivity contribution in [2.75, 3.05) is 26.2 Å². The number of amides is 2. The van der Waals surface area contributed by atoms with Gasteiger partial charge in [0.2, 0.25) is 0 Å². The second kappa shape index (κ2) is 8.73. The molecule has 5 nitrogen and oxygen atoms in total. The summed E-state index contributed by atoms with van der Waals surface area (Å²) in [7, 11) is 0. The lowest BCUT2D eigenvalue weighted by molar-refractivity contribution is 0.169. The molecule has 1 fully saturated rings. The number of carbonyl (C=O) groups is 1. The lowest BCUT2D eigenvalue weighted by Crippen LogP contribution is -2.48. The van der Waals surface area contributed by atoms with E-state index < -0.39 is 0 Å². The average Bonchev–Trinajstić information content (AvgIpc) is 2.48. The fourth-order valence-electron chi connectivity index (χ4n) is 3.01. The Labute approximate surface area is 133 Å². The van der Waals surface area contributed by atoms with Crippen LogP contribution in [-0.4, -0.2) is 48.1 Å². The zero-order chi connectivity index (χ0) is 15.8. The van der Waals surface area contributed by atoms with Gasteiger partial charge in [0.1, 0.15) is 0 Å². The van der Waals surface area contributed by atoms with Gasteiger partial charge in [-0.15, -0.1) is 0 Å². The number of likely N-dealkylation sites (tertiary alicyclic amines) is 1. The van der Waals surface area contributed by atoms with Crippen molar-refractivity contribution in [1.82, 2.24) is 20.5 Å². The van der Waals surface area contributed by atoms with Crippen LogP contribution in [-0.2, 0) is 6.42 Å². The third-order valence-electron chi connectivity index (χ3n) is 4.04. The standard InChI is InChI=1S/C17H28N4O/c1-14-6-5-11-21(12-14)13-15(2)20-17(22)19-10-8-16-7-3-4-9-18-16/h3-4,7,9,14-15H,5-6,8,10-13H2,1-2H3,(H2,19,20,22). The van der Waals surface area contributed by atoms with E-state index in [9.17, 15) is 4.79 Å². The average molecular weight is 304 g/mol. The summed E-state index contributed by atoms with van der Waals surface area (Å²) >= 11 is 0. The van der Waals surface area contributed by atoms with Gasteiger partial charge in [-0.3, -0.25) is 4.98 Å². The fraction of sp³-hybridized carbons (Fsp3) is 0.647. The Hall–Kier alpha value is -1.62. The van der Waals surface area contributed by atoms with E-state index in [-0.39, 0.29) is 12.1 Å². The van der Waals surface area contributed by atoms with E-state index in [0.717, 1.165) is 37.7 Å². The van der Waals surface area contributed by atoms with Crippen molar-refractivity contribution in [3.05, 3.63) is 30.1 Å². The zero-order valence-electron chi connectivity index (χ0n) is 13.7. The minimum atomic E-state index is -0.0894. The van der Waals surface area contributed by atoms with Crippen LogP contribution in [0.15, 0.2) is 24.4 Å². The summed E-state index contributed by atoms with van der Waals surface area (Å²) in [5.41, 5.74) is 0.998. The van der Waals surface area contributed by atoms with E-state index in [1.165, 1.54) is 12.8 Å². The highest BCUT2D eigenvalue weighted by Gasteiger charge is 2.18. The Morgan fingerprint density at radius 1 is 1.50 bits per heavy atom. The molecule has 1 aliphatic heterocycles. The normalized spacial score (nSPS) is 20.4. The van der Waals surface area contributed by atoms with Crippen LogP contribution in [0.2, 0.25) is 0 Å². The molecule has 2 atom stereocenters. The van der Waals surface area contributed by atoms with E-state index in [1.54, 1.807) is 6.20 Å². The Morgan fingerprint density at radius 3 is 3.09 bits per heavy atom. The number of nitrogens with zero attached hydrogens (tertiary/aromatic N) is 2. The Morgan fingerprint density at radius 2 is 2.36 bits per heavy atom. The molecule has 0 radical (unpaired) electrons. The van der Waals surface area contributed by atoms with Crippen LogP contribution in [0.4, 0.5) is 4.79 Å². The van der Waals surface area contributed by atoms with Crippen LogP contribution in [0.5, 0.6) is 0 Å². The van der Waals surface area contributed by atoms with Gasteiger partial charge in [0.15, 0.2) is 0 Å². The van der Waals surface area contributed by atoms with Gasteiger partial charge in [0.05, 0.1) is 0 Å². The van der Waals surface area contributed by atoms with Gasteiger partial charge in [0.25, 0.3) is 0 Å². The predicted octanol–water partition coefficient (Wildman–Crippen LogP) is 2.04. The minimum Gasteiger partial charge on any atom is -0.338 e. The third-order valence-corrected chi connectivity index (χ3v) is 4.04. The molecule has 0 saturated carbocycles. The number of aromatic nitrogens is 1. The number of nitrogens with one attached hydrogen (secondary N) is 2. The molecule has 2 amide bonds. The van der Waals surface area contributed by atoms with Gasteiger partial charge < -0.3 is 15.5 Å². The molecule has 0 spiro atoms. The van der Waals surface area contributed by atoms with Crippen molar-refractivity contribution in [3.8, 4) is 0 Å². The summed E-state index contributed by atoms with van der Waals surface area (Å²) in [4.78, 5) is 18.6. The van der Waals surface area contributed by atoms with Crippen LogP contribution in [0.3, 0.4) is 0 Å². The van der Waals surface area contributed by atoms with Crippen LogP contribution in [0.25, 0.3) is 0 Å². The number of hydrogen-bond donors (Lipinski definition) is 2. The quantitative estimate of drug-likeness (QED) is 0.845. The first kappa shape index (κ1) is 16.7. The number of hydrogen-bond acceptors (Lipinski definition) is 3. The summed E-state index contributed by atoms with van der Waals surface area (Å²) in [6, 6.07) is 5.91. The van der Waals surface area contributed by atoms with Crippen molar-refractivity contribution in [2.24, 2.45) is 5.92 Å². The molecule has 1 aromatic rings. The summed E-state index contributed by atoms with van der Waals surface area (Å²) in [6.07, 6.45) is 5.12. The Kier molecular flexibility index (Phi) is 6.65. The van der Waals surface area contributed by atoms with Crippen LogP contribution in [0, 0.1) is 5.92 Å². The number of pyridine rings is 1. The molecule has 2 unspecified atom stereocenters. The minimum absolute atomic E-state index is 0.0894. The monoisotopic (exact) mass is 304 g/mol. The van der Waals surface area contributed by atoms with Crippen molar-refractivity contribution in [3.63, 3.8) is 0 Å². The number of urea groups is 1. The van der Waals surface area contributed by atoms with E-state index in [2.05, 4.69) is 34.4 Å². The number of piperidine rings is 1. The molecule has 0 aliphatic carbocycles. The first-order chi connectivity index (χ1) is 10.6. The van der Waals surface area contributed by atoms with E-state index in [4.69, 9.17) is 0 Å². The lowest BCUT2D eigenvalue weighted by Gasteiger charge is -2.32. The molecule has 2 heterocycles. The molecule has 22 heavy (non-hydrogen) atoms. The summed E-state index contributed by atoms with van der Waals surface area (Å²) in [5, 5.41) is 5.92. The van der Waals surface area contributed by atoms with Gasteiger partial charge in [0, 0.05) is 44.0 Å². The van der Waals surface area contributed by atoms with E-state index >= 15 is 0 Å². The smallest absolute Gasteiger partial charge is 0.315 e. The molecule has 5 heteroatoms. The second-order valence-electron chi connectivity index (χ2n) is 6.38. The molecule has 2 N–H and O–H groups in total. The summed E-state index contributed by atoms with van der Waals surface area (Å²) in [6.45, 7) is 8.20. The van der Waals surface area contributed by atoms with Crippen LogP contribution < -0.4 is 10.6 Å². The molecular formula is C17H28N4O. The largest absolute Gasteiger partial charge is 0.338 e. The fourth-order valence-corrected chi connectivity index (χ4v) is 3.01. The molecule has 1 aromatic heterocycles. The maximum absolute atomic E-state index is 11.9. The van der Waals surface area contributed by atoms with Crippen molar-refractivity contribution in [2.45, 2.75) is 39.2 Å². The predicted molar refractivity (Wildman–Crippen MR) is 88.8 cm³/mol. The van der Waals surface area contributed by atoms with Gasteiger partial charge in [-0.25, -0.2) is 4.79 Å².